The first-order chi connectivity index (χ1) is 11.9. The van der Waals surface area contributed by atoms with Gasteiger partial charge >= 0.3 is 12.6 Å². The second kappa shape index (κ2) is 8.75. The van der Waals surface area contributed by atoms with Crippen LogP contribution in [0.25, 0.3) is 0 Å². The van der Waals surface area contributed by atoms with Gasteiger partial charge in [0.25, 0.3) is 0 Å². The Morgan fingerprint density at radius 2 is 2.08 bits per heavy atom. The van der Waals surface area contributed by atoms with Gasteiger partial charge in [-0.05, 0) is 43.5 Å². The van der Waals surface area contributed by atoms with Crippen LogP contribution in [0.5, 0.6) is 5.75 Å². The van der Waals surface area contributed by atoms with E-state index in [-0.39, 0.29) is 11.7 Å². The molecule has 0 bridgehead atoms. The Balaban J connectivity index is 2.07. The molecule has 1 saturated heterocycles. The Hall–Kier alpha value is -2.22. The van der Waals surface area contributed by atoms with Gasteiger partial charge in [-0.2, -0.15) is 8.78 Å². The molecule has 2 rings (SSSR count). The highest BCUT2D eigenvalue weighted by Crippen LogP contribution is 2.25. The number of hydrogen-bond acceptors (Lipinski definition) is 4. The van der Waals surface area contributed by atoms with Gasteiger partial charge in [-0.15, -0.1) is 0 Å². The molecule has 25 heavy (non-hydrogen) atoms. The first kappa shape index (κ1) is 19.1. The number of hydrogen-bond donors (Lipinski definition) is 2. The number of nitrogens with one attached hydrogen (secondary N) is 1. The summed E-state index contributed by atoms with van der Waals surface area (Å²) in [5, 5.41) is 12.2. The van der Waals surface area contributed by atoms with E-state index in [4.69, 9.17) is 0 Å². The minimum Gasteiger partial charge on any atom is -0.480 e. The molecule has 1 aromatic rings. The summed E-state index contributed by atoms with van der Waals surface area (Å²) in [6.07, 6.45) is 2.42. The van der Waals surface area contributed by atoms with Crippen LogP contribution in [0.15, 0.2) is 24.3 Å². The summed E-state index contributed by atoms with van der Waals surface area (Å²) in [5.41, 5.74) is 0.570. The fourth-order valence-corrected chi connectivity index (χ4v) is 2.90. The monoisotopic (exact) mass is 356 g/mol. The third-order valence-corrected chi connectivity index (χ3v) is 4.09. The van der Waals surface area contributed by atoms with E-state index in [9.17, 15) is 23.5 Å². The highest BCUT2D eigenvalue weighted by Gasteiger charge is 2.32. The van der Waals surface area contributed by atoms with Crippen molar-refractivity contribution in [2.45, 2.75) is 51.3 Å². The lowest BCUT2D eigenvalue weighted by atomic mass is 10.0. The number of carbonyl (C=O) groups excluding carboxylic acids is 1. The average molecular weight is 356 g/mol. The molecule has 0 spiro atoms. The molecule has 0 saturated carbocycles. The van der Waals surface area contributed by atoms with Gasteiger partial charge in [-0.25, -0.2) is 0 Å². The van der Waals surface area contributed by atoms with Crippen molar-refractivity contribution in [3.8, 4) is 5.75 Å². The van der Waals surface area contributed by atoms with E-state index in [1.165, 1.54) is 17.0 Å². The van der Waals surface area contributed by atoms with Gasteiger partial charge in [0.2, 0.25) is 5.91 Å². The summed E-state index contributed by atoms with van der Waals surface area (Å²) in [6.45, 7) is -0.518. The lowest BCUT2D eigenvalue weighted by Crippen LogP contribution is -2.55. The van der Waals surface area contributed by atoms with Gasteiger partial charge in [0.15, 0.2) is 0 Å². The number of anilines is 1. The number of alkyl halides is 2. The predicted octanol–water partition coefficient (Wildman–Crippen LogP) is 2.63. The summed E-state index contributed by atoms with van der Waals surface area (Å²) in [7, 11) is 0. The molecule has 0 radical (unpaired) electrons. The number of piperidine rings is 1. The van der Waals surface area contributed by atoms with E-state index in [0.717, 1.165) is 6.42 Å². The van der Waals surface area contributed by atoms with E-state index in [1.54, 1.807) is 12.1 Å². The Bertz CT molecular complexity index is 595. The molecule has 1 amide bonds. The van der Waals surface area contributed by atoms with Crippen molar-refractivity contribution in [3.63, 3.8) is 0 Å². The van der Waals surface area contributed by atoms with E-state index in [2.05, 4.69) is 10.1 Å². The van der Waals surface area contributed by atoms with Crippen LogP contribution in [0, 0.1) is 0 Å². The second-order valence-corrected chi connectivity index (χ2v) is 5.90. The largest absolute Gasteiger partial charge is 0.480 e. The molecular weight excluding hydrogens is 334 g/mol. The number of rotatable bonds is 8. The topological polar surface area (TPSA) is 78.9 Å². The number of carbonyl (C=O) groups is 2. The maximum atomic E-state index is 12.7. The zero-order valence-corrected chi connectivity index (χ0v) is 14.0. The molecule has 1 aliphatic heterocycles. The maximum Gasteiger partial charge on any atom is 0.387 e. The summed E-state index contributed by atoms with van der Waals surface area (Å²) < 4.78 is 28.7. The van der Waals surface area contributed by atoms with Crippen molar-refractivity contribution in [1.82, 2.24) is 5.32 Å². The molecule has 138 valence electrons. The molecule has 6 nitrogen and oxygen atoms in total. The highest BCUT2D eigenvalue weighted by molar-refractivity contribution is 5.98. The molecular formula is C17H22F2N2O4. The van der Waals surface area contributed by atoms with Crippen molar-refractivity contribution in [1.29, 1.82) is 0 Å². The van der Waals surface area contributed by atoms with E-state index < -0.39 is 24.7 Å². The zero-order chi connectivity index (χ0) is 18.4. The first-order valence-corrected chi connectivity index (χ1v) is 8.27. The third kappa shape index (κ3) is 5.12. The van der Waals surface area contributed by atoms with Crippen LogP contribution >= 0.6 is 0 Å². The fourth-order valence-electron chi connectivity index (χ4n) is 2.90. The Morgan fingerprint density at radius 1 is 1.40 bits per heavy atom. The number of nitrogens with zero attached hydrogens (tertiary/aromatic N) is 1. The number of carboxylic acid groups (broad SMARTS) is 1. The van der Waals surface area contributed by atoms with Crippen molar-refractivity contribution < 1.29 is 28.2 Å². The van der Waals surface area contributed by atoms with Crippen LogP contribution in [0.3, 0.4) is 0 Å². The minimum absolute atomic E-state index is 0.0202. The number of aliphatic carboxylic acids is 1. The van der Waals surface area contributed by atoms with Crippen LogP contribution in [-0.4, -0.2) is 42.2 Å². The van der Waals surface area contributed by atoms with Crippen molar-refractivity contribution in [2.75, 3.05) is 11.4 Å². The Kier molecular flexibility index (Phi) is 6.69. The molecule has 8 heteroatoms. The molecule has 1 heterocycles. The summed E-state index contributed by atoms with van der Waals surface area (Å²) in [4.78, 5) is 25.5. The van der Waals surface area contributed by atoms with Gasteiger partial charge in [0, 0.05) is 12.2 Å². The molecule has 2 unspecified atom stereocenters. The Labute approximate surface area is 144 Å². The van der Waals surface area contributed by atoms with E-state index in [1.807, 2.05) is 6.92 Å². The summed E-state index contributed by atoms with van der Waals surface area (Å²) in [6, 6.07) is 4.50. The lowest BCUT2D eigenvalue weighted by Gasteiger charge is -2.34. The highest BCUT2D eigenvalue weighted by atomic mass is 19.3. The fraction of sp³-hybridized carbons (Fsp3) is 0.529. The van der Waals surface area contributed by atoms with Crippen molar-refractivity contribution in [3.05, 3.63) is 24.3 Å². The van der Waals surface area contributed by atoms with Crippen LogP contribution < -0.4 is 15.0 Å². The summed E-state index contributed by atoms with van der Waals surface area (Å²) in [5.74, 6) is -1.16. The van der Waals surface area contributed by atoms with Gasteiger partial charge < -0.3 is 14.7 Å². The van der Waals surface area contributed by atoms with E-state index >= 15 is 0 Å². The smallest absolute Gasteiger partial charge is 0.387 e. The summed E-state index contributed by atoms with van der Waals surface area (Å²) >= 11 is 0. The normalized spacial score (nSPS) is 19.1. The molecule has 2 N–H and O–H groups in total. The van der Waals surface area contributed by atoms with Crippen molar-refractivity contribution in [2.24, 2.45) is 0 Å². The quantitative estimate of drug-likeness (QED) is 0.749. The molecule has 0 aliphatic carbocycles. The zero-order valence-electron chi connectivity index (χ0n) is 14.0. The van der Waals surface area contributed by atoms with Gasteiger partial charge in [0.05, 0.1) is 6.04 Å². The van der Waals surface area contributed by atoms with Crippen LogP contribution in [-0.2, 0) is 9.59 Å². The molecule has 0 aromatic heterocycles. The molecule has 1 aromatic carbocycles. The molecule has 1 fully saturated rings. The SMILES string of the molecule is CCCC(NC1CCCN(c2ccc(OC(F)F)cc2)C1=O)C(=O)O. The first-order valence-electron chi connectivity index (χ1n) is 8.27. The predicted molar refractivity (Wildman–Crippen MR) is 87.9 cm³/mol. The maximum absolute atomic E-state index is 12.7. The number of ether oxygens (including phenoxy) is 1. The lowest BCUT2D eigenvalue weighted by molar-refractivity contribution is -0.140. The van der Waals surface area contributed by atoms with Crippen LogP contribution in [0.4, 0.5) is 14.5 Å². The van der Waals surface area contributed by atoms with Crippen LogP contribution in [0.2, 0.25) is 0 Å². The standard InChI is InChI=1S/C17H22F2N2O4/c1-2-4-14(16(23)24)20-13-5-3-10-21(15(13)22)11-6-8-12(9-7-11)25-17(18)19/h6-9,13-14,17,20H,2-5,10H2,1H3,(H,23,24). The van der Waals surface area contributed by atoms with Crippen LogP contribution in [0.1, 0.15) is 32.6 Å². The van der Waals surface area contributed by atoms with Gasteiger partial charge in [-0.1, -0.05) is 13.3 Å². The average Bonchev–Trinajstić information content (AvgIpc) is 2.56. The minimum atomic E-state index is -2.90. The number of amides is 1. The second-order valence-electron chi connectivity index (χ2n) is 5.90. The third-order valence-electron chi connectivity index (χ3n) is 4.09. The molecule has 2 atom stereocenters. The van der Waals surface area contributed by atoms with Gasteiger partial charge in [0.1, 0.15) is 11.8 Å². The Morgan fingerprint density at radius 3 is 2.64 bits per heavy atom. The number of carboxylic acids is 1. The van der Waals surface area contributed by atoms with Gasteiger partial charge in [-0.3, -0.25) is 14.9 Å². The van der Waals surface area contributed by atoms with E-state index in [0.29, 0.717) is 31.5 Å². The number of halogens is 2. The van der Waals surface area contributed by atoms with Crippen molar-refractivity contribution >= 4 is 17.6 Å². The molecule has 1 aliphatic rings. The number of benzene rings is 1.